The number of allylic oxidation sites excluding steroid dienone is 4. The third-order valence-corrected chi connectivity index (χ3v) is 27.4. The lowest BCUT2D eigenvalue weighted by atomic mass is 9.83. The van der Waals surface area contributed by atoms with E-state index in [1.807, 2.05) is 98.8 Å². The van der Waals surface area contributed by atoms with Crippen molar-refractivity contribution >= 4 is 76.1 Å². The summed E-state index contributed by atoms with van der Waals surface area (Å²) in [6, 6.07) is 21.2. The van der Waals surface area contributed by atoms with E-state index in [1.54, 1.807) is 28.8 Å². The number of nitrogens with one attached hydrogen (secondary N) is 1. The number of aliphatic hydroxyl groups excluding tert-OH is 1. The number of esters is 3. The number of aliphatic hydroxyl groups is 1. The van der Waals surface area contributed by atoms with E-state index >= 15 is 0 Å². The van der Waals surface area contributed by atoms with Gasteiger partial charge in [-0.25, -0.2) is 9.48 Å². The second-order valence-corrected chi connectivity index (χ2v) is 38.1. The molecule has 2 saturated carbocycles. The highest BCUT2D eigenvalue weighted by Gasteiger charge is 2.59. The molecule has 4 aliphatic rings. The number of unbranched alkanes of at least 4 members (excludes halogenated alkanes) is 4. The molecule has 2 aromatic carbocycles. The van der Waals surface area contributed by atoms with Crippen LogP contribution in [0, 0.1) is 52.8 Å². The smallest absolute Gasteiger partial charge is 0.334 e. The maximum absolute atomic E-state index is 14.5. The van der Waals surface area contributed by atoms with Gasteiger partial charge in [-0.15, -0.1) is 11.7 Å². The largest absolute Gasteiger partial charge is 0.466 e. The zero-order valence-corrected chi connectivity index (χ0v) is 62.7. The number of rotatable bonds is 44. The number of fused-ring (bicyclic) bond motifs is 2. The fourth-order valence-electron chi connectivity index (χ4n) is 14.7. The van der Waals surface area contributed by atoms with Gasteiger partial charge < -0.3 is 38.4 Å². The highest BCUT2D eigenvalue weighted by atomic mass is 28.4. The fraction of sp³-hybridized carbons (Fsp3) is 0.618. The van der Waals surface area contributed by atoms with E-state index in [9.17, 15) is 48.3 Å². The molecule has 10 atom stereocenters. The first-order valence-corrected chi connectivity index (χ1v) is 42.7. The van der Waals surface area contributed by atoms with E-state index in [2.05, 4.69) is 55.3 Å². The van der Waals surface area contributed by atoms with Crippen LogP contribution in [0.5, 0.6) is 0 Å². The zero-order chi connectivity index (χ0) is 72.6. The van der Waals surface area contributed by atoms with Crippen LogP contribution >= 0.6 is 0 Å². The average Bonchev–Trinajstić information content (AvgIpc) is 1.60. The summed E-state index contributed by atoms with van der Waals surface area (Å²) >= 11 is 0. The summed E-state index contributed by atoms with van der Waals surface area (Å²) in [5, 5.41) is 21.1. The standard InChI is InChI=1S/C76H111N7O15Si2/c1-11-14-47-99(7,8)98-100(9,10)48-27-43-94-45-46-96-65(87)32-25-42-82-72(90)68-58(34-33-55-28-19-17-20-29-55)50-60(69(68)73(82)91)36-35-59-49-56(12-2)66-67(59)71(89)81(70(66)88)41-24-16-15-23-40-80(64(86)38-37-63(85)77-39-26-44-97-74(92)54(4)84)52-61-53-83(79-78-61)62(57-30-21-18-22-31-57)51-76(5,6)75(93)95-13-3/h12,17-22,28-31,33-36,53-54,56,58-60,62,66-69,84H,2,11,13-16,23-27,32,37-52H2,1,3-10H3,(H,77,85)/b34-33?,36-35-. The Morgan fingerprint density at radius 2 is 1.28 bits per heavy atom. The lowest BCUT2D eigenvalue weighted by molar-refractivity contribution is -0.154. The minimum Gasteiger partial charge on any atom is -0.466 e. The van der Waals surface area contributed by atoms with Gasteiger partial charge in [-0.05, 0) is 152 Å². The minimum absolute atomic E-state index is 0.00996. The topological polar surface area (TPSA) is 272 Å². The summed E-state index contributed by atoms with van der Waals surface area (Å²) in [6.07, 6.45) is 17.8. The van der Waals surface area contributed by atoms with Crippen molar-refractivity contribution in [3.8, 4) is 0 Å². The molecular formula is C76H111N7O15Si2. The van der Waals surface area contributed by atoms with E-state index in [1.165, 1.54) is 35.6 Å². The normalized spacial score (nSPS) is 21.4. The molecule has 548 valence electrons. The number of imide groups is 2. The number of carbonyl (C=O) groups excluding carboxylic acids is 9. The minimum atomic E-state index is -1.82. The van der Waals surface area contributed by atoms with Crippen LogP contribution in [0.4, 0.5) is 0 Å². The number of amides is 6. The van der Waals surface area contributed by atoms with E-state index < -0.39 is 69.8 Å². The molecule has 2 saturated heterocycles. The lowest BCUT2D eigenvalue weighted by Gasteiger charge is -2.34. The van der Waals surface area contributed by atoms with Crippen LogP contribution in [0.3, 0.4) is 0 Å². The Morgan fingerprint density at radius 3 is 1.90 bits per heavy atom. The van der Waals surface area contributed by atoms with Gasteiger partial charge in [-0.2, -0.15) is 0 Å². The van der Waals surface area contributed by atoms with Crippen molar-refractivity contribution in [2.75, 3.05) is 59.2 Å². The second kappa shape index (κ2) is 38.7. The number of aromatic nitrogens is 3. The number of likely N-dealkylation sites (tertiary alicyclic amines) is 2. The monoisotopic (exact) mass is 1420 g/mol. The third-order valence-electron chi connectivity index (χ3n) is 19.8. The van der Waals surface area contributed by atoms with Crippen LogP contribution in [-0.2, 0) is 72.8 Å². The van der Waals surface area contributed by atoms with Crippen molar-refractivity contribution in [3.63, 3.8) is 0 Å². The van der Waals surface area contributed by atoms with E-state index in [-0.39, 0.29) is 143 Å². The quantitative estimate of drug-likeness (QED) is 0.0133. The second-order valence-electron chi connectivity index (χ2n) is 29.2. The predicted octanol–water partition coefficient (Wildman–Crippen LogP) is 10.8. The molecule has 24 heteroatoms. The van der Waals surface area contributed by atoms with Gasteiger partial charge in [0, 0.05) is 52.0 Å². The van der Waals surface area contributed by atoms with Crippen LogP contribution in [0.1, 0.15) is 154 Å². The first-order chi connectivity index (χ1) is 47.8. The van der Waals surface area contributed by atoms with Gasteiger partial charge >= 0.3 is 17.9 Å². The van der Waals surface area contributed by atoms with Crippen LogP contribution in [0.25, 0.3) is 6.08 Å². The van der Waals surface area contributed by atoms with Crippen molar-refractivity contribution in [2.24, 2.45) is 52.8 Å². The molecule has 7 rings (SSSR count). The van der Waals surface area contributed by atoms with Crippen molar-refractivity contribution in [1.82, 2.24) is 35.0 Å². The molecule has 0 bridgehead atoms. The van der Waals surface area contributed by atoms with Crippen LogP contribution < -0.4 is 5.32 Å². The summed E-state index contributed by atoms with van der Waals surface area (Å²) in [5.41, 5.74) is 1.50. The Hall–Kier alpha value is -7.26. The molecule has 3 heterocycles. The van der Waals surface area contributed by atoms with Crippen LogP contribution in [0.2, 0.25) is 38.3 Å². The Bertz CT molecular complexity index is 3280. The summed E-state index contributed by atoms with van der Waals surface area (Å²) in [7, 11) is -3.51. The molecule has 3 aromatic rings. The Balaban J connectivity index is 0.932. The molecule has 4 fully saturated rings. The van der Waals surface area contributed by atoms with Gasteiger partial charge in [-0.3, -0.25) is 48.2 Å². The fourth-order valence-corrected chi connectivity index (χ4v) is 23.7. The number of nitrogens with zero attached hydrogens (tertiary/aromatic N) is 6. The summed E-state index contributed by atoms with van der Waals surface area (Å²) in [4.78, 5) is 127. The summed E-state index contributed by atoms with van der Waals surface area (Å²) in [6.45, 7) is 24.3. The molecular weight excluding hydrogens is 1310 g/mol. The van der Waals surface area contributed by atoms with Gasteiger partial charge in [0.1, 0.15) is 18.4 Å². The molecule has 0 radical (unpaired) electrons. The number of hydrogen-bond acceptors (Lipinski definition) is 17. The Labute approximate surface area is 594 Å². The molecule has 2 aliphatic carbocycles. The highest BCUT2D eigenvalue weighted by Crippen LogP contribution is 2.52. The molecule has 6 amide bonds. The third kappa shape index (κ3) is 23.1. The van der Waals surface area contributed by atoms with E-state index in [0.29, 0.717) is 70.2 Å². The van der Waals surface area contributed by atoms with Crippen LogP contribution in [0.15, 0.2) is 97.7 Å². The van der Waals surface area contributed by atoms with Crippen molar-refractivity contribution in [3.05, 3.63) is 115 Å². The van der Waals surface area contributed by atoms with Crippen molar-refractivity contribution in [1.29, 1.82) is 0 Å². The molecule has 2 aliphatic heterocycles. The Morgan fingerprint density at radius 1 is 0.690 bits per heavy atom. The summed E-state index contributed by atoms with van der Waals surface area (Å²) < 4.78 is 30.1. The predicted molar refractivity (Wildman–Crippen MR) is 385 cm³/mol. The van der Waals surface area contributed by atoms with Gasteiger partial charge in [0.05, 0.1) is 67.7 Å². The summed E-state index contributed by atoms with van der Waals surface area (Å²) in [5.74, 6) is -6.67. The lowest BCUT2D eigenvalue weighted by Crippen LogP contribution is -2.44. The van der Waals surface area contributed by atoms with Gasteiger partial charge in [0.2, 0.25) is 35.4 Å². The maximum atomic E-state index is 14.5. The van der Waals surface area contributed by atoms with E-state index in [4.69, 9.17) is 23.1 Å². The molecule has 10 unspecified atom stereocenters. The molecule has 22 nitrogen and oxygen atoms in total. The number of ether oxygens (including phenoxy) is 4. The first-order valence-electron chi connectivity index (χ1n) is 36.5. The Kier molecular flexibility index (Phi) is 31.0. The first kappa shape index (κ1) is 80.1. The molecule has 1 aromatic heterocycles. The zero-order valence-electron chi connectivity index (χ0n) is 60.7. The van der Waals surface area contributed by atoms with E-state index in [0.717, 1.165) is 23.6 Å². The number of hydrogen-bond donors (Lipinski definition) is 2. The molecule has 2 N–H and O–H groups in total. The molecule has 100 heavy (non-hydrogen) atoms. The van der Waals surface area contributed by atoms with Crippen LogP contribution in [-0.4, -0.2) is 170 Å². The number of benzene rings is 2. The maximum Gasteiger partial charge on any atom is 0.334 e. The van der Waals surface area contributed by atoms with Gasteiger partial charge in [-0.1, -0.05) is 129 Å². The average molecular weight is 1420 g/mol. The van der Waals surface area contributed by atoms with Crippen molar-refractivity contribution in [2.45, 2.75) is 188 Å². The number of carbonyl (C=O) groups is 9. The van der Waals surface area contributed by atoms with Gasteiger partial charge in [0.15, 0.2) is 16.6 Å². The molecule has 0 spiro atoms. The van der Waals surface area contributed by atoms with Crippen molar-refractivity contribution < 1.29 is 71.3 Å². The highest BCUT2D eigenvalue weighted by molar-refractivity contribution is 6.84. The SMILES string of the molecule is C=CC1CC(/C=C\C2CC(C=Cc3ccccc3)C3C(=O)N(CCCC(=O)OCCOCCC[Si](C)(C)O[Si](C)(C)CCCC)C(=O)C23)C2C(=O)N(CCCCCCN(Cc3cn(C(CC(C)(C)C(=O)OCC)c4ccccc4)nn3)C(=O)CCC(=O)NCCCOC(=O)C(C)O)C(=O)C12. The van der Waals surface area contributed by atoms with Gasteiger partial charge in [0.25, 0.3) is 0 Å².